The standard InChI is InChI=1S/C25H24ClN3O3/c26-18-2-7-21-23(16-18)27-22-8-1-17(15-24(22)28-25(21)30)9-12-32-20-5-3-19(4-6-20)29-10-13-31-14-11-29/h1-8,15-16,27H,9-14H2,(H,28,30). The van der Waals surface area contributed by atoms with Crippen LogP contribution in [-0.2, 0) is 11.2 Å². The molecule has 0 bridgehead atoms. The average Bonchev–Trinajstić information content (AvgIpc) is 2.95. The zero-order chi connectivity index (χ0) is 21.9. The van der Waals surface area contributed by atoms with Crippen LogP contribution in [0.3, 0.4) is 0 Å². The summed E-state index contributed by atoms with van der Waals surface area (Å²) in [6, 6.07) is 19.4. The Morgan fingerprint density at radius 2 is 1.72 bits per heavy atom. The lowest BCUT2D eigenvalue weighted by Crippen LogP contribution is -2.36. The Hall–Kier alpha value is -3.22. The van der Waals surface area contributed by atoms with Gasteiger partial charge in [-0.25, -0.2) is 0 Å². The van der Waals surface area contributed by atoms with Gasteiger partial charge in [0.15, 0.2) is 0 Å². The Morgan fingerprint density at radius 3 is 2.53 bits per heavy atom. The number of rotatable bonds is 5. The van der Waals surface area contributed by atoms with Gasteiger partial charge >= 0.3 is 0 Å². The number of nitrogens with one attached hydrogen (secondary N) is 2. The second kappa shape index (κ2) is 9.10. The summed E-state index contributed by atoms with van der Waals surface area (Å²) in [5.74, 6) is 0.691. The summed E-state index contributed by atoms with van der Waals surface area (Å²) in [6.07, 6.45) is 0.729. The number of morpholine rings is 1. The smallest absolute Gasteiger partial charge is 0.257 e. The molecule has 5 rings (SSSR count). The molecule has 0 atom stereocenters. The Morgan fingerprint density at radius 1 is 0.906 bits per heavy atom. The quantitative estimate of drug-likeness (QED) is 0.567. The minimum Gasteiger partial charge on any atom is -0.493 e. The van der Waals surface area contributed by atoms with Gasteiger partial charge in [0.2, 0.25) is 0 Å². The Balaban J connectivity index is 1.21. The topological polar surface area (TPSA) is 62.8 Å². The molecule has 1 saturated heterocycles. The molecule has 2 heterocycles. The summed E-state index contributed by atoms with van der Waals surface area (Å²) in [4.78, 5) is 14.9. The first kappa shape index (κ1) is 20.7. The molecule has 3 aromatic rings. The van der Waals surface area contributed by atoms with Crippen LogP contribution >= 0.6 is 11.6 Å². The minimum atomic E-state index is -0.156. The van der Waals surface area contributed by atoms with E-state index in [1.165, 1.54) is 5.69 Å². The van der Waals surface area contributed by atoms with Crippen LogP contribution in [0.15, 0.2) is 60.7 Å². The Kier molecular flexibility index (Phi) is 5.88. The number of carbonyl (C=O) groups is 1. The highest BCUT2D eigenvalue weighted by atomic mass is 35.5. The van der Waals surface area contributed by atoms with Gasteiger partial charge in [0, 0.05) is 30.2 Å². The number of anilines is 4. The van der Waals surface area contributed by atoms with E-state index < -0.39 is 0 Å². The van der Waals surface area contributed by atoms with Crippen molar-refractivity contribution >= 4 is 40.3 Å². The lowest BCUT2D eigenvalue weighted by molar-refractivity contribution is 0.102. The van der Waals surface area contributed by atoms with E-state index in [2.05, 4.69) is 27.7 Å². The lowest BCUT2D eigenvalue weighted by atomic mass is 10.1. The second-order valence-electron chi connectivity index (χ2n) is 7.84. The van der Waals surface area contributed by atoms with E-state index in [0.717, 1.165) is 55.4 Å². The van der Waals surface area contributed by atoms with Crippen LogP contribution in [0.5, 0.6) is 5.75 Å². The molecule has 164 valence electrons. The molecule has 0 spiro atoms. The van der Waals surface area contributed by atoms with Crippen LogP contribution in [0.25, 0.3) is 0 Å². The van der Waals surface area contributed by atoms with Crippen molar-refractivity contribution in [3.8, 4) is 5.75 Å². The number of ether oxygens (including phenoxy) is 2. The van der Waals surface area contributed by atoms with E-state index in [0.29, 0.717) is 22.9 Å². The molecule has 0 saturated carbocycles. The van der Waals surface area contributed by atoms with Gasteiger partial charge in [-0.05, 0) is 60.2 Å². The van der Waals surface area contributed by atoms with Crippen LogP contribution < -0.4 is 20.3 Å². The number of nitrogens with zero attached hydrogens (tertiary/aromatic N) is 1. The molecular formula is C25H24ClN3O3. The molecular weight excluding hydrogens is 426 g/mol. The summed E-state index contributed by atoms with van der Waals surface area (Å²) in [7, 11) is 0. The number of hydrogen-bond donors (Lipinski definition) is 2. The third-order valence-electron chi connectivity index (χ3n) is 5.70. The zero-order valence-electron chi connectivity index (χ0n) is 17.6. The first-order chi connectivity index (χ1) is 15.7. The molecule has 2 aliphatic heterocycles. The van der Waals surface area contributed by atoms with E-state index in [4.69, 9.17) is 21.1 Å². The SMILES string of the molecule is O=C1Nc2cc(CCOc3ccc(N4CCOCC4)cc3)ccc2Nc2cc(Cl)ccc21. The third kappa shape index (κ3) is 4.52. The molecule has 6 nitrogen and oxygen atoms in total. The average molecular weight is 450 g/mol. The van der Waals surface area contributed by atoms with Crippen molar-refractivity contribution in [1.29, 1.82) is 0 Å². The number of hydrogen-bond acceptors (Lipinski definition) is 5. The first-order valence-corrected chi connectivity index (χ1v) is 11.1. The molecule has 0 unspecified atom stereocenters. The maximum absolute atomic E-state index is 12.6. The van der Waals surface area contributed by atoms with Crippen molar-refractivity contribution < 1.29 is 14.3 Å². The predicted molar refractivity (Wildman–Crippen MR) is 128 cm³/mol. The zero-order valence-corrected chi connectivity index (χ0v) is 18.3. The Bertz CT molecular complexity index is 1130. The fraction of sp³-hybridized carbons (Fsp3) is 0.240. The highest BCUT2D eigenvalue weighted by Gasteiger charge is 2.19. The third-order valence-corrected chi connectivity index (χ3v) is 5.94. The van der Waals surface area contributed by atoms with Gasteiger partial charge < -0.3 is 25.0 Å². The van der Waals surface area contributed by atoms with Gasteiger partial charge in [-0.15, -0.1) is 0 Å². The number of fused-ring (bicyclic) bond motifs is 2. The van der Waals surface area contributed by atoms with Gasteiger partial charge in [0.25, 0.3) is 5.91 Å². The van der Waals surface area contributed by atoms with E-state index in [9.17, 15) is 4.79 Å². The van der Waals surface area contributed by atoms with E-state index in [1.807, 2.05) is 30.3 Å². The van der Waals surface area contributed by atoms with E-state index >= 15 is 0 Å². The van der Waals surface area contributed by atoms with E-state index in [1.54, 1.807) is 18.2 Å². The van der Waals surface area contributed by atoms with Crippen LogP contribution in [0, 0.1) is 0 Å². The van der Waals surface area contributed by atoms with Crippen LogP contribution in [0.4, 0.5) is 22.7 Å². The van der Waals surface area contributed by atoms with Crippen LogP contribution in [0.2, 0.25) is 5.02 Å². The summed E-state index contributed by atoms with van der Waals surface area (Å²) >= 11 is 6.09. The molecule has 1 fully saturated rings. The van der Waals surface area contributed by atoms with Crippen molar-refractivity contribution in [2.75, 3.05) is 48.4 Å². The molecule has 0 aliphatic carbocycles. The number of benzene rings is 3. The minimum absolute atomic E-state index is 0.156. The molecule has 2 aliphatic rings. The fourth-order valence-electron chi connectivity index (χ4n) is 3.97. The van der Waals surface area contributed by atoms with Crippen molar-refractivity contribution in [1.82, 2.24) is 0 Å². The van der Waals surface area contributed by atoms with Gasteiger partial charge in [0.05, 0.1) is 42.4 Å². The van der Waals surface area contributed by atoms with Gasteiger partial charge in [-0.2, -0.15) is 0 Å². The number of halogens is 1. The molecule has 32 heavy (non-hydrogen) atoms. The monoisotopic (exact) mass is 449 g/mol. The highest BCUT2D eigenvalue weighted by molar-refractivity contribution is 6.31. The molecule has 3 aromatic carbocycles. The first-order valence-electron chi connectivity index (χ1n) is 10.7. The van der Waals surface area contributed by atoms with Crippen molar-refractivity contribution in [3.63, 3.8) is 0 Å². The summed E-state index contributed by atoms with van der Waals surface area (Å²) in [6.45, 7) is 3.93. The van der Waals surface area contributed by atoms with Gasteiger partial charge in [0.1, 0.15) is 5.75 Å². The molecule has 2 N–H and O–H groups in total. The van der Waals surface area contributed by atoms with Crippen molar-refractivity contribution in [3.05, 3.63) is 76.8 Å². The maximum atomic E-state index is 12.6. The molecule has 0 radical (unpaired) electrons. The Labute approximate surface area is 192 Å². The second-order valence-corrected chi connectivity index (χ2v) is 8.28. The van der Waals surface area contributed by atoms with Crippen molar-refractivity contribution in [2.45, 2.75) is 6.42 Å². The normalized spacial score (nSPS) is 15.2. The molecule has 0 aromatic heterocycles. The van der Waals surface area contributed by atoms with Crippen LogP contribution in [0.1, 0.15) is 15.9 Å². The lowest BCUT2D eigenvalue weighted by Gasteiger charge is -2.28. The fourth-order valence-corrected chi connectivity index (χ4v) is 4.15. The largest absolute Gasteiger partial charge is 0.493 e. The summed E-state index contributed by atoms with van der Waals surface area (Å²) in [5.41, 5.74) is 5.12. The maximum Gasteiger partial charge on any atom is 0.257 e. The van der Waals surface area contributed by atoms with Crippen LogP contribution in [-0.4, -0.2) is 38.8 Å². The number of carbonyl (C=O) groups excluding carboxylic acids is 1. The molecule has 7 heteroatoms. The summed E-state index contributed by atoms with van der Waals surface area (Å²) in [5, 5.41) is 6.87. The van der Waals surface area contributed by atoms with E-state index in [-0.39, 0.29) is 5.91 Å². The number of amides is 1. The molecule has 1 amide bonds. The van der Waals surface area contributed by atoms with Crippen molar-refractivity contribution in [2.24, 2.45) is 0 Å². The predicted octanol–water partition coefficient (Wildman–Crippen LogP) is 5.11. The van der Waals surface area contributed by atoms with Gasteiger partial charge in [-0.3, -0.25) is 4.79 Å². The summed E-state index contributed by atoms with van der Waals surface area (Å²) < 4.78 is 11.4. The highest BCUT2D eigenvalue weighted by Crippen LogP contribution is 2.34. The van der Waals surface area contributed by atoms with Gasteiger partial charge in [-0.1, -0.05) is 17.7 Å².